The Balaban J connectivity index is 5.11. The van der Waals surface area contributed by atoms with Gasteiger partial charge in [-0.15, -0.1) is 0 Å². The molecule has 0 heterocycles. The minimum absolute atomic E-state index is 0.326. The third kappa shape index (κ3) is 2.68. The van der Waals surface area contributed by atoms with Crippen molar-refractivity contribution in [2.24, 2.45) is 5.73 Å². The average Bonchev–Trinajstić information content (AvgIpc) is 2.04. The van der Waals surface area contributed by atoms with E-state index < -0.39 is 20.8 Å². The van der Waals surface area contributed by atoms with E-state index in [0.29, 0.717) is 13.1 Å². The molecule has 0 saturated carbocycles. The van der Waals surface area contributed by atoms with E-state index in [0.717, 1.165) is 0 Å². The second-order valence-electron chi connectivity index (χ2n) is 4.28. The maximum atomic E-state index is 11.9. The number of hydrogen-bond acceptors (Lipinski definition) is 3. The summed E-state index contributed by atoms with van der Waals surface area (Å²) < 4.78 is 25.4. The van der Waals surface area contributed by atoms with Gasteiger partial charge in [-0.2, -0.15) is 4.31 Å². The Bertz CT molecular complexity index is 271. The van der Waals surface area contributed by atoms with Crippen molar-refractivity contribution >= 4 is 10.0 Å². The van der Waals surface area contributed by atoms with Crippen molar-refractivity contribution in [3.8, 4) is 0 Å². The Labute approximate surface area is 87.5 Å². The molecule has 86 valence electrons. The van der Waals surface area contributed by atoms with Crippen LogP contribution in [0.15, 0.2) is 0 Å². The van der Waals surface area contributed by atoms with Gasteiger partial charge in [0, 0.05) is 18.6 Å². The van der Waals surface area contributed by atoms with Gasteiger partial charge in [-0.25, -0.2) is 8.42 Å². The van der Waals surface area contributed by atoms with Crippen LogP contribution in [-0.2, 0) is 10.0 Å². The molecule has 0 aromatic carbocycles. The van der Waals surface area contributed by atoms with E-state index in [4.69, 9.17) is 5.73 Å². The average molecular weight is 222 g/mol. The van der Waals surface area contributed by atoms with Crippen LogP contribution >= 0.6 is 0 Å². The first-order valence-corrected chi connectivity index (χ1v) is 6.42. The lowest BCUT2D eigenvalue weighted by Crippen LogP contribution is -2.53. The summed E-state index contributed by atoms with van der Waals surface area (Å²) in [4.78, 5) is 0. The van der Waals surface area contributed by atoms with Gasteiger partial charge in [0.05, 0.1) is 5.25 Å². The number of nitrogens with zero attached hydrogens (tertiary/aromatic N) is 1. The van der Waals surface area contributed by atoms with E-state index in [1.165, 1.54) is 4.31 Å². The maximum absolute atomic E-state index is 11.9. The SMILES string of the molecule is CCN(C(C)(C)CN)S(=O)(=O)C(C)C. The fourth-order valence-electron chi connectivity index (χ4n) is 1.31. The number of rotatable bonds is 5. The zero-order valence-corrected chi connectivity index (χ0v) is 10.6. The summed E-state index contributed by atoms with van der Waals surface area (Å²) in [6, 6.07) is 0. The molecular weight excluding hydrogens is 200 g/mol. The van der Waals surface area contributed by atoms with Gasteiger partial charge in [-0.3, -0.25) is 0 Å². The Morgan fingerprint density at radius 3 is 2.00 bits per heavy atom. The normalized spacial score (nSPS) is 14.0. The summed E-state index contributed by atoms with van der Waals surface area (Å²) in [5, 5.41) is -0.395. The zero-order chi connectivity index (χ0) is 11.6. The van der Waals surface area contributed by atoms with Gasteiger partial charge >= 0.3 is 0 Å². The largest absolute Gasteiger partial charge is 0.329 e. The molecule has 0 spiro atoms. The van der Waals surface area contributed by atoms with Gasteiger partial charge in [0.25, 0.3) is 0 Å². The van der Waals surface area contributed by atoms with Crippen LogP contribution in [0, 0.1) is 0 Å². The summed E-state index contributed by atoms with van der Waals surface area (Å²) in [7, 11) is -3.21. The van der Waals surface area contributed by atoms with Crippen LogP contribution in [0.2, 0.25) is 0 Å². The third-order valence-electron chi connectivity index (χ3n) is 2.36. The fourth-order valence-corrected chi connectivity index (χ4v) is 2.94. The van der Waals surface area contributed by atoms with E-state index >= 15 is 0 Å². The predicted octanol–water partition coefficient (Wildman–Crippen LogP) is 0.784. The Hall–Kier alpha value is -0.130. The first-order chi connectivity index (χ1) is 6.20. The molecule has 0 rings (SSSR count). The van der Waals surface area contributed by atoms with Gasteiger partial charge in [-0.1, -0.05) is 6.92 Å². The standard InChI is InChI=1S/C9H22N2O2S/c1-6-11(9(4,5)7-10)14(12,13)8(2)3/h8H,6-7,10H2,1-5H3. The molecule has 2 N–H and O–H groups in total. The topological polar surface area (TPSA) is 63.4 Å². The Morgan fingerprint density at radius 2 is 1.79 bits per heavy atom. The number of sulfonamides is 1. The molecule has 0 bridgehead atoms. The molecule has 0 atom stereocenters. The number of likely N-dealkylation sites (N-methyl/N-ethyl adjacent to an activating group) is 1. The summed E-state index contributed by atoms with van der Waals surface area (Å²) in [5.74, 6) is 0. The smallest absolute Gasteiger partial charge is 0.216 e. The fraction of sp³-hybridized carbons (Fsp3) is 1.00. The molecule has 0 radical (unpaired) electrons. The highest BCUT2D eigenvalue weighted by atomic mass is 32.2. The molecule has 0 amide bonds. The molecule has 0 saturated heterocycles. The van der Waals surface area contributed by atoms with Gasteiger partial charge in [0.15, 0.2) is 0 Å². The summed E-state index contributed by atoms with van der Waals surface area (Å²) in [5.41, 5.74) is 5.07. The van der Waals surface area contributed by atoms with Crippen LogP contribution in [0.4, 0.5) is 0 Å². The molecule has 0 aromatic rings. The molecular formula is C9H22N2O2S. The lowest BCUT2D eigenvalue weighted by molar-refractivity contribution is 0.242. The van der Waals surface area contributed by atoms with E-state index in [2.05, 4.69) is 0 Å². The molecule has 0 fully saturated rings. The molecule has 0 aliphatic rings. The van der Waals surface area contributed by atoms with Crippen molar-refractivity contribution in [3.05, 3.63) is 0 Å². The lowest BCUT2D eigenvalue weighted by atomic mass is 10.1. The van der Waals surface area contributed by atoms with Gasteiger partial charge < -0.3 is 5.73 Å². The summed E-state index contributed by atoms with van der Waals surface area (Å²) >= 11 is 0. The highest BCUT2D eigenvalue weighted by molar-refractivity contribution is 7.89. The van der Waals surface area contributed by atoms with Crippen LogP contribution in [-0.4, -0.2) is 36.6 Å². The van der Waals surface area contributed by atoms with Gasteiger partial charge in [0.1, 0.15) is 0 Å². The van der Waals surface area contributed by atoms with E-state index in [9.17, 15) is 8.42 Å². The Kier molecular flexibility index (Phi) is 4.55. The highest BCUT2D eigenvalue weighted by Crippen LogP contribution is 2.20. The van der Waals surface area contributed by atoms with E-state index in [1.54, 1.807) is 13.8 Å². The molecule has 0 aliphatic heterocycles. The van der Waals surface area contributed by atoms with Crippen molar-refractivity contribution in [2.45, 2.75) is 45.4 Å². The number of nitrogens with two attached hydrogens (primary N) is 1. The molecule has 5 heteroatoms. The monoisotopic (exact) mass is 222 g/mol. The van der Waals surface area contributed by atoms with Crippen LogP contribution < -0.4 is 5.73 Å². The van der Waals surface area contributed by atoms with Crippen molar-refractivity contribution in [3.63, 3.8) is 0 Å². The van der Waals surface area contributed by atoms with Crippen LogP contribution in [0.1, 0.15) is 34.6 Å². The minimum atomic E-state index is -3.21. The van der Waals surface area contributed by atoms with Crippen molar-refractivity contribution in [1.29, 1.82) is 0 Å². The molecule has 0 unspecified atom stereocenters. The van der Waals surface area contributed by atoms with Gasteiger partial charge in [-0.05, 0) is 27.7 Å². The summed E-state index contributed by atoms with van der Waals surface area (Å²) in [6.45, 7) is 9.68. The summed E-state index contributed by atoms with van der Waals surface area (Å²) in [6.07, 6.45) is 0. The minimum Gasteiger partial charge on any atom is -0.329 e. The molecule has 0 aliphatic carbocycles. The third-order valence-corrected chi connectivity index (χ3v) is 4.92. The van der Waals surface area contributed by atoms with Crippen LogP contribution in [0.3, 0.4) is 0 Å². The maximum Gasteiger partial charge on any atom is 0.216 e. The second-order valence-corrected chi connectivity index (χ2v) is 6.69. The molecule has 0 aromatic heterocycles. The van der Waals surface area contributed by atoms with Crippen molar-refractivity contribution in [1.82, 2.24) is 4.31 Å². The molecule has 14 heavy (non-hydrogen) atoms. The highest BCUT2D eigenvalue weighted by Gasteiger charge is 2.35. The lowest BCUT2D eigenvalue weighted by Gasteiger charge is -2.36. The first-order valence-electron chi connectivity index (χ1n) is 4.92. The molecule has 4 nitrogen and oxygen atoms in total. The van der Waals surface area contributed by atoms with Crippen LogP contribution in [0.5, 0.6) is 0 Å². The Morgan fingerprint density at radius 1 is 1.36 bits per heavy atom. The van der Waals surface area contributed by atoms with E-state index in [1.807, 2.05) is 20.8 Å². The zero-order valence-electron chi connectivity index (χ0n) is 9.74. The predicted molar refractivity (Wildman–Crippen MR) is 59.6 cm³/mol. The first kappa shape index (κ1) is 13.9. The van der Waals surface area contributed by atoms with E-state index in [-0.39, 0.29) is 0 Å². The quantitative estimate of drug-likeness (QED) is 0.748. The van der Waals surface area contributed by atoms with Gasteiger partial charge in [0.2, 0.25) is 10.0 Å². The van der Waals surface area contributed by atoms with Crippen molar-refractivity contribution in [2.75, 3.05) is 13.1 Å². The number of hydrogen-bond donors (Lipinski definition) is 1. The second kappa shape index (κ2) is 4.59. The van der Waals surface area contributed by atoms with Crippen molar-refractivity contribution < 1.29 is 8.42 Å². The van der Waals surface area contributed by atoms with Crippen LogP contribution in [0.25, 0.3) is 0 Å².